The number of halogens is 1. The van der Waals surface area contributed by atoms with Crippen molar-refractivity contribution in [1.82, 2.24) is 25.5 Å². The molecule has 0 bridgehead atoms. The van der Waals surface area contributed by atoms with E-state index in [1.807, 2.05) is 38.4 Å². The smallest absolute Gasteiger partial charge is 0.230 e. The van der Waals surface area contributed by atoms with Crippen LogP contribution >= 0.6 is 24.0 Å². The van der Waals surface area contributed by atoms with Gasteiger partial charge in [0.2, 0.25) is 5.91 Å². The quantitative estimate of drug-likeness (QED) is 0.325. The zero-order valence-electron chi connectivity index (χ0n) is 16.9. The molecule has 1 aromatic carbocycles. The van der Waals surface area contributed by atoms with E-state index in [1.54, 1.807) is 11.9 Å². The van der Waals surface area contributed by atoms with Gasteiger partial charge in [0.25, 0.3) is 0 Å². The van der Waals surface area contributed by atoms with E-state index in [0.717, 1.165) is 54.9 Å². The lowest BCUT2D eigenvalue weighted by molar-refractivity contribution is -0.138. The molecule has 2 aromatic rings. The predicted octanol–water partition coefficient (Wildman–Crippen LogP) is 2.54. The van der Waals surface area contributed by atoms with Crippen LogP contribution in [0.15, 0.2) is 29.3 Å². The Hall–Kier alpha value is -1.84. The van der Waals surface area contributed by atoms with Crippen LogP contribution in [0.25, 0.3) is 11.0 Å². The number of aromatic nitrogens is 2. The van der Waals surface area contributed by atoms with Crippen LogP contribution in [-0.4, -0.2) is 61.0 Å². The van der Waals surface area contributed by atoms with Gasteiger partial charge in [-0.2, -0.15) is 0 Å². The summed E-state index contributed by atoms with van der Waals surface area (Å²) in [6.07, 6.45) is 4.87. The molecule has 0 unspecified atom stereocenters. The molecule has 3 N–H and O–H groups in total. The SMILES string of the molecule is CN=C(NCCc1nc2ccccc2[nH]1)NCC1(C(=O)N(C)C)CCCC1.I. The summed E-state index contributed by atoms with van der Waals surface area (Å²) in [6.45, 7) is 1.34. The average Bonchev–Trinajstić information content (AvgIpc) is 3.31. The van der Waals surface area contributed by atoms with Crippen molar-refractivity contribution in [3.05, 3.63) is 30.1 Å². The Morgan fingerprint density at radius 3 is 2.61 bits per heavy atom. The number of H-pyrrole nitrogens is 1. The van der Waals surface area contributed by atoms with Crippen LogP contribution in [0.3, 0.4) is 0 Å². The van der Waals surface area contributed by atoms with Gasteiger partial charge >= 0.3 is 0 Å². The van der Waals surface area contributed by atoms with Crippen LogP contribution in [0.4, 0.5) is 0 Å². The van der Waals surface area contributed by atoms with Crippen molar-refractivity contribution in [1.29, 1.82) is 0 Å². The zero-order valence-corrected chi connectivity index (χ0v) is 19.2. The number of para-hydroxylation sites is 2. The van der Waals surface area contributed by atoms with Gasteiger partial charge in [-0.1, -0.05) is 25.0 Å². The molecule has 1 fully saturated rings. The number of hydrogen-bond donors (Lipinski definition) is 3. The second-order valence-electron chi connectivity index (χ2n) is 7.49. The minimum absolute atomic E-state index is 0. The van der Waals surface area contributed by atoms with E-state index in [-0.39, 0.29) is 35.3 Å². The third-order valence-corrected chi connectivity index (χ3v) is 5.33. The molecule has 0 aliphatic heterocycles. The molecule has 1 aliphatic carbocycles. The van der Waals surface area contributed by atoms with Gasteiger partial charge in [0.05, 0.1) is 16.4 Å². The summed E-state index contributed by atoms with van der Waals surface area (Å²) < 4.78 is 0. The Kier molecular flexibility index (Phi) is 8.09. The normalized spacial score (nSPS) is 15.9. The molecule has 1 aromatic heterocycles. The summed E-state index contributed by atoms with van der Waals surface area (Å²) in [6, 6.07) is 8.03. The molecular formula is C20H31IN6O. The van der Waals surface area contributed by atoms with Crippen molar-refractivity contribution in [3.63, 3.8) is 0 Å². The maximum Gasteiger partial charge on any atom is 0.230 e. The van der Waals surface area contributed by atoms with Gasteiger partial charge in [-0.15, -0.1) is 24.0 Å². The average molecular weight is 498 g/mol. The number of hydrogen-bond acceptors (Lipinski definition) is 3. The molecular weight excluding hydrogens is 467 g/mol. The van der Waals surface area contributed by atoms with Crippen LogP contribution in [0.5, 0.6) is 0 Å². The fraction of sp³-hybridized carbons (Fsp3) is 0.550. The first-order valence-electron chi connectivity index (χ1n) is 9.64. The molecule has 0 radical (unpaired) electrons. The first-order valence-corrected chi connectivity index (χ1v) is 9.64. The molecule has 8 heteroatoms. The topological polar surface area (TPSA) is 85.4 Å². The van der Waals surface area contributed by atoms with Crippen molar-refractivity contribution < 1.29 is 4.79 Å². The van der Waals surface area contributed by atoms with Crippen molar-refractivity contribution in [2.45, 2.75) is 32.1 Å². The first-order chi connectivity index (χ1) is 13.0. The van der Waals surface area contributed by atoms with Crippen LogP contribution in [-0.2, 0) is 11.2 Å². The van der Waals surface area contributed by atoms with E-state index >= 15 is 0 Å². The summed E-state index contributed by atoms with van der Waals surface area (Å²) in [5.41, 5.74) is 1.74. The number of aliphatic imine (C=N–C) groups is 1. The Balaban J connectivity index is 0.00000280. The standard InChI is InChI=1S/C20H30N6O.HI/c1-21-19(23-14-20(11-6-7-12-20)18(27)26(2)3)22-13-10-17-24-15-8-4-5-9-16(15)25-17;/h4-5,8-9H,6-7,10-14H2,1-3H3,(H,24,25)(H2,21,22,23);1H. The molecule has 0 saturated heterocycles. The highest BCUT2D eigenvalue weighted by atomic mass is 127. The molecule has 1 saturated carbocycles. The van der Waals surface area contributed by atoms with Crippen molar-refractivity contribution in [2.75, 3.05) is 34.2 Å². The molecule has 28 heavy (non-hydrogen) atoms. The Bertz CT molecular complexity index is 777. The number of nitrogens with one attached hydrogen (secondary N) is 3. The molecule has 0 atom stereocenters. The summed E-state index contributed by atoms with van der Waals surface area (Å²) in [4.78, 5) is 26.6. The first kappa shape index (κ1) is 22.4. The monoisotopic (exact) mass is 498 g/mol. The van der Waals surface area contributed by atoms with Crippen molar-refractivity contribution in [2.24, 2.45) is 10.4 Å². The second kappa shape index (κ2) is 10.1. The van der Waals surface area contributed by atoms with E-state index in [2.05, 4.69) is 25.6 Å². The summed E-state index contributed by atoms with van der Waals surface area (Å²) >= 11 is 0. The molecule has 1 aliphatic rings. The van der Waals surface area contributed by atoms with Crippen LogP contribution in [0.1, 0.15) is 31.5 Å². The number of amides is 1. The third-order valence-electron chi connectivity index (χ3n) is 5.33. The summed E-state index contributed by atoms with van der Waals surface area (Å²) in [7, 11) is 5.43. The van der Waals surface area contributed by atoms with Crippen LogP contribution in [0.2, 0.25) is 0 Å². The number of nitrogens with zero attached hydrogens (tertiary/aromatic N) is 3. The zero-order chi connectivity index (χ0) is 19.3. The molecule has 1 heterocycles. The van der Waals surface area contributed by atoms with Crippen LogP contribution in [0, 0.1) is 5.41 Å². The van der Waals surface area contributed by atoms with E-state index in [1.165, 1.54) is 0 Å². The van der Waals surface area contributed by atoms with Gasteiger partial charge < -0.3 is 20.5 Å². The minimum Gasteiger partial charge on any atom is -0.356 e. The molecule has 0 spiro atoms. The number of rotatable bonds is 6. The predicted molar refractivity (Wildman–Crippen MR) is 124 cm³/mol. The number of benzene rings is 1. The highest BCUT2D eigenvalue weighted by Crippen LogP contribution is 2.38. The van der Waals surface area contributed by atoms with E-state index in [0.29, 0.717) is 13.1 Å². The fourth-order valence-corrected chi connectivity index (χ4v) is 3.89. The molecule has 7 nitrogen and oxygen atoms in total. The lowest BCUT2D eigenvalue weighted by atomic mass is 9.84. The van der Waals surface area contributed by atoms with Gasteiger partial charge in [-0.25, -0.2) is 4.98 Å². The van der Waals surface area contributed by atoms with Gasteiger partial charge in [0, 0.05) is 40.7 Å². The Morgan fingerprint density at radius 1 is 1.25 bits per heavy atom. The van der Waals surface area contributed by atoms with Gasteiger partial charge in [-0.05, 0) is 25.0 Å². The number of imidazole rings is 1. The summed E-state index contributed by atoms with van der Waals surface area (Å²) in [5, 5.41) is 6.69. The van der Waals surface area contributed by atoms with E-state index in [4.69, 9.17) is 0 Å². The lowest BCUT2D eigenvalue weighted by Crippen LogP contribution is -2.49. The maximum atomic E-state index is 12.7. The van der Waals surface area contributed by atoms with Crippen molar-refractivity contribution >= 4 is 46.9 Å². The molecule has 154 valence electrons. The van der Waals surface area contributed by atoms with Gasteiger partial charge in [0.15, 0.2) is 5.96 Å². The maximum absolute atomic E-state index is 12.7. The Labute approximate surface area is 183 Å². The van der Waals surface area contributed by atoms with E-state index < -0.39 is 0 Å². The number of carbonyl (C=O) groups excluding carboxylic acids is 1. The highest BCUT2D eigenvalue weighted by Gasteiger charge is 2.42. The molecule has 1 amide bonds. The molecule has 3 rings (SSSR count). The number of aromatic amines is 1. The second-order valence-corrected chi connectivity index (χ2v) is 7.49. The van der Waals surface area contributed by atoms with Crippen LogP contribution < -0.4 is 10.6 Å². The number of guanidine groups is 1. The van der Waals surface area contributed by atoms with Gasteiger partial charge in [0.1, 0.15) is 5.82 Å². The minimum atomic E-state index is -0.306. The lowest BCUT2D eigenvalue weighted by Gasteiger charge is -2.31. The third kappa shape index (κ3) is 5.15. The van der Waals surface area contributed by atoms with Gasteiger partial charge in [-0.3, -0.25) is 9.79 Å². The largest absolute Gasteiger partial charge is 0.356 e. The fourth-order valence-electron chi connectivity index (χ4n) is 3.89. The highest BCUT2D eigenvalue weighted by molar-refractivity contribution is 14.0. The number of carbonyl (C=O) groups is 1. The van der Waals surface area contributed by atoms with E-state index in [9.17, 15) is 4.79 Å². The number of fused-ring (bicyclic) bond motifs is 1. The Morgan fingerprint density at radius 2 is 1.96 bits per heavy atom. The van der Waals surface area contributed by atoms with Crippen molar-refractivity contribution in [3.8, 4) is 0 Å². The summed E-state index contributed by atoms with van der Waals surface area (Å²) in [5.74, 6) is 1.89.